The first-order valence-corrected chi connectivity index (χ1v) is 8.56. The van der Waals surface area contributed by atoms with Gasteiger partial charge in [-0.3, -0.25) is 0 Å². The van der Waals surface area contributed by atoms with E-state index in [0.29, 0.717) is 0 Å². The summed E-state index contributed by atoms with van der Waals surface area (Å²) in [7, 11) is 0. The van der Waals surface area contributed by atoms with Crippen LogP contribution >= 0.6 is 79.6 Å². The molecule has 0 aliphatic carbocycles. The van der Waals surface area contributed by atoms with E-state index in [1.54, 1.807) is 0 Å². The molecule has 88 valence electrons. The second kappa shape index (κ2) is 5.87. The zero-order chi connectivity index (χ0) is 12.6. The summed E-state index contributed by atoms with van der Waals surface area (Å²) < 4.78 is 5.22. The highest BCUT2D eigenvalue weighted by molar-refractivity contribution is 9.13. The molecule has 0 nitrogen and oxygen atoms in total. The number of rotatable bonds is 1. The maximum Gasteiger partial charge on any atom is 0.0407 e. The van der Waals surface area contributed by atoms with Crippen LogP contribution in [0.25, 0.3) is 11.1 Å². The van der Waals surface area contributed by atoms with E-state index < -0.39 is 0 Å². The molecule has 2 aromatic rings. The lowest BCUT2D eigenvalue weighted by atomic mass is 10.1. The van der Waals surface area contributed by atoms with Crippen molar-refractivity contribution < 1.29 is 0 Å². The molecule has 5 heteroatoms. The predicted octanol–water partition coefficient (Wildman–Crippen LogP) is 7.17. The van der Waals surface area contributed by atoms with Crippen LogP contribution in [0.4, 0.5) is 0 Å². The topological polar surface area (TPSA) is 0 Å². The van der Waals surface area contributed by atoms with E-state index >= 15 is 0 Å². The lowest BCUT2D eigenvalue weighted by Crippen LogP contribution is -1.85. The Morgan fingerprint density at radius 3 is 1.94 bits per heavy atom. The Hall–Kier alpha value is 0.840. The Labute approximate surface area is 142 Å². The van der Waals surface area contributed by atoms with Gasteiger partial charge in [0.25, 0.3) is 0 Å². The second-order valence-electron chi connectivity index (χ2n) is 3.34. The van der Waals surface area contributed by atoms with Gasteiger partial charge in [0.2, 0.25) is 0 Å². The molecule has 0 radical (unpaired) electrons. The minimum atomic E-state index is 1.03. The highest BCUT2D eigenvalue weighted by atomic mass is 79.9. The summed E-state index contributed by atoms with van der Waals surface area (Å²) in [5, 5.41) is 0. The molecule has 0 aliphatic rings. The molecule has 0 unspecified atom stereocenters. The van der Waals surface area contributed by atoms with E-state index in [0.717, 1.165) is 33.5 Å². The minimum absolute atomic E-state index is 1.03. The van der Waals surface area contributed by atoms with Crippen LogP contribution in [0.15, 0.2) is 52.7 Å². The highest BCUT2D eigenvalue weighted by Crippen LogP contribution is 2.42. The van der Waals surface area contributed by atoms with Crippen LogP contribution in [-0.2, 0) is 0 Å². The molecule has 0 saturated carbocycles. The molecule has 0 spiro atoms. The van der Waals surface area contributed by atoms with Crippen LogP contribution in [0, 0.1) is 0 Å². The van der Waals surface area contributed by atoms with Gasteiger partial charge in [-0.25, -0.2) is 0 Å². The van der Waals surface area contributed by atoms with Gasteiger partial charge in [0.05, 0.1) is 0 Å². The van der Waals surface area contributed by atoms with Gasteiger partial charge in [-0.15, -0.1) is 0 Å². The molecule has 0 heterocycles. The van der Waals surface area contributed by atoms with Crippen molar-refractivity contribution in [2.75, 3.05) is 0 Å². The summed E-state index contributed by atoms with van der Waals surface area (Å²) in [4.78, 5) is 0. The summed E-state index contributed by atoms with van der Waals surface area (Å²) in [6.45, 7) is 0. The molecule has 0 aromatic heterocycles. The molecule has 17 heavy (non-hydrogen) atoms. The van der Waals surface area contributed by atoms with Gasteiger partial charge in [0.1, 0.15) is 0 Å². The van der Waals surface area contributed by atoms with Gasteiger partial charge >= 0.3 is 0 Å². The summed E-state index contributed by atoms with van der Waals surface area (Å²) in [6.07, 6.45) is 0. The molecule has 0 atom stereocenters. The maximum atomic E-state index is 3.61. The van der Waals surface area contributed by atoms with Crippen LogP contribution in [0.2, 0.25) is 0 Å². The van der Waals surface area contributed by atoms with Crippen LogP contribution in [0.5, 0.6) is 0 Å². The van der Waals surface area contributed by atoms with Crippen LogP contribution in [0.3, 0.4) is 0 Å². The van der Waals surface area contributed by atoms with Crippen LogP contribution in [-0.4, -0.2) is 0 Å². The molecular formula is C12H5Br5. The van der Waals surface area contributed by atoms with Gasteiger partial charge in [-0.2, -0.15) is 0 Å². The van der Waals surface area contributed by atoms with Crippen LogP contribution in [0.1, 0.15) is 0 Å². The molecule has 0 N–H and O–H groups in total. The average Bonchev–Trinajstić information content (AvgIpc) is 2.29. The zero-order valence-electron chi connectivity index (χ0n) is 8.28. The summed E-state index contributed by atoms with van der Waals surface area (Å²) in [5.74, 6) is 0. The Morgan fingerprint density at radius 1 is 0.647 bits per heavy atom. The quantitative estimate of drug-likeness (QED) is 0.332. The monoisotopic (exact) mass is 544 g/mol. The van der Waals surface area contributed by atoms with Crippen molar-refractivity contribution in [3.05, 3.63) is 52.7 Å². The Balaban J connectivity index is 2.76. The molecular weight excluding hydrogens is 544 g/mol. The Kier molecular flexibility index (Phi) is 4.92. The lowest BCUT2D eigenvalue weighted by Gasteiger charge is -2.11. The van der Waals surface area contributed by atoms with Crippen molar-refractivity contribution in [3.63, 3.8) is 0 Å². The molecule has 2 aromatic carbocycles. The van der Waals surface area contributed by atoms with Crippen molar-refractivity contribution in [2.45, 2.75) is 0 Å². The van der Waals surface area contributed by atoms with Gasteiger partial charge in [-0.1, -0.05) is 47.8 Å². The van der Waals surface area contributed by atoms with E-state index in [1.165, 1.54) is 0 Å². The third-order valence-corrected chi connectivity index (χ3v) is 6.10. The number of hydrogen-bond acceptors (Lipinski definition) is 0. The van der Waals surface area contributed by atoms with Gasteiger partial charge in [0.15, 0.2) is 0 Å². The maximum absolute atomic E-state index is 3.61. The van der Waals surface area contributed by atoms with Crippen molar-refractivity contribution in [1.29, 1.82) is 0 Å². The molecule has 0 aliphatic heterocycles. The Bertz CT molecular complexity index is 577. The first kappa shape index (κ1) is 14.3. The second-order valence-corrected chi connectivity index (χ2v) is 7.61. The van der Waals surface area contributed by atoms with Crippen molar-refractivity contribution >= 4 is 79.6 Å². The molecule has 0 saturated heterocycles. The fraction of sp³-hybridized carbons (Fsp3) is 0. The molecule has 0 bridgehead atoms. The standard InChI is InChI=1S/C12H5Br5/c13-6-1-2-8(14)7(5-6)11-9(15)3-4-10(16)12(11)17/h1-5H. The zero-order valence-corrected chi connectivity index (χ0v) is 16.2. The Morgan fingerprint density at radius 2 is 1.24 bits per heavy atom. The predicted molar refractivity (Wildman–Crippen MR) is 90.4 cm³/mol. The van der Waals surface area contributed by atoms with Gasteiger partial charge < -0.3 is 0 Å². The van der Waals surface area contributed by atoms with Crippen molar-refractivity contribution in [2.24, 2.45) is 0 Å². The van der Waals surface area contributed by atoms with Crippen LogP contribution < -0.4 is 0 Å². The lowest BCUT2D eigenvalue weighted by molar-refractivity contribution is 1.49. The van der Waals surface area contributed by atoms with Gasteiger partial charge in [-0.05, 0) is 67.8 Å². The first-order valence-electron chi connectivity index (χ1n) is 4.59. The average molecular weight is 549 g/mol. The number of hydrogen-bond donors (Lipinski definition) is 0. The molecule has 0 amide bonds. The number of halogens is 5. The van der Waals surface area contributed by atoms with E-state index in [4.69, 9.17) is 0 Å². The summed E-state index contributed by atoms with van der Waals surface area (Å²) in [6, 6.07) is 10.1. The first-order chi connectivity index (χ1) is 8.00. The minimum Gasteiger partial charge on any atom is -0.0508 e. The third kappa shape index (κ3) is 3.06. The highest BCUT2D eigenvalue weighted by Gasteiger charge is 2.13. The molecule has 0 fully saturated rings. The fourth-order valence-electron chi connectivity index (χ4n) is 1.46. The normalized spacial score (nSPS) is 10.6. The van der Waals surface area contributed by atoms with E-state index in [2.05, 4.69) is 85.7 Å². The largest absolute Gasteiger partial charge is 0.0508 e. The SMILES string of the molecule is Brc1ccc(Br)c(-c2c(Br)ccc(Br)c2Br)c1. The van der Waals surface area contributed by atoms with Crippen molar-refractivity contribution in [1.82, 2.24) is 0 Å². The van der Waals surface area contributed by atoms with E-state index in [9.17, 15) is 0 Å². The third-order valence-electron chi connectivity index (χ3n) is 2.24. The van der Waals surface area contributed by atoms with Gasteiger partial charge in [0, 0.05) is 27.9 Å². The van der Waals surface area contributed by atoms with E-state index in [1.807, 2.05) is 24.3 Å². The summed E-state index contributed by atoms with van der Waals surface area (Å²) >= 11 is 17.8. The van der Waals surface area contributed by atoms with Crippen molar-refractivity contribution in [3.8, 4) is 11.1 Å². The number of benzene rings is 2. The molecule has 2 rings (SSSR count). The smallest absolute Gasteiger partial charge is 0.0407 e. The summed E-state index contributed by atoms with van der Waals surface area (Å²) in [5.41, 5.74) is 2.24. The van der Waals surface area contributed by atoms with E-state index in [-0.39, 0.29) is 0 Å². The fourth-order valence-corrected chi connectivity index (χ4v) is 3.97.